The van der Waals surface area contributed by atoms with Gasteiger partial charge in [0.05, 0.1) is 5.56 Å². The van der Waals surface area contributed by atoms with Gasteiger partial charge in [-0.05, 0) is 22.4 Å². The predicted molar refractivity (Wildman–Crippen MR) is 58.1 cm³/mol. The van der Waals surface area contributed by atoms with Crippen molar-refractivity contribution in [2.45, 2.75) is 19.8 Å². The molecule has 1 heterocycles. The number of carbonyl (C=O) groups excluding carboxylic acids is 1. The summed E-state index contributed by atoms with van der Waals surface area (Å²) in [6.45, 7) is 2.63. The maximum absolute atomic E-state index is 11.5. The summed E-state index contributed by atoms with van der Waals surface area (Å²) >= 11 is 0. The molecular weight excluding hydrogens is 210 g/mol. The van der Waals surface area contributed by atoms with E-state index in [9.17, 15) is 14.9 Å². The molecule has 1 N–H and O–H groups in total. The number of hydrogen-bond acceptors (Lipinski definition) is 4. The SMILES string of the molecule is CCCCNC(=O)c1ccc([N+](=O)[O-])nc1. The third-order valence-electron chi connectivity index (χ3n) is 2.01. The van der Waals surface area contributed by atoms with E-state index < -0.39 is 4.92 Å². The van der Waals surface area contributed by atoms with Crippen molar-refractivity contribution >= 4 is 11.7 Å². The van der Waals surface area contributed by atoms with E-state index in [0.717, 1.165) is 12.8 Å². The standard InChI is InChI=1S/C10H13N3O3/c1-2-3-6-11-10(14)8-4-5-9(12-7-8)13(15)16/h4-5,7H,2-3,6H2,1H3,(H,11,14). The molecule has 0 aliphatic carbocycles. The van der Waals surface area contributed by atoms with Crippen LogP contribution in [0.5, 0.6) is 0 Å². The van der Waals surface area contributed by atoms with E-state index in [0.29, 0.717) is 12.1 Å². The van der Waals surface area contributed by atoms with Crippen molar-refractivity contribution in [3.63, 3.8) is 0 Å². The highest BCUT2D eigenvalue weighted by molar-refractivity contribution is 5.93. The Bertz CT molecular complexity index is 375. The molecule has 1 aromatic heterocycles. The van der Waals surface area contributed by atoms with Crippen molar-refractivity contribution in [3.8, 4) is 0 Å². The van der Waals surface area contributed by atoms with E-state index in [4.69, 9.17) is 0 Å². The van der Waals surface area contributed by atoms with E-state index in [-0.39, 0.29) is 11.7 Å². The Balaban J connectivity index is 2.59. The molecule has 0 bridgehead atoms. The lowest BCUT2D eigenvalue weighted by Crippen LogP contribution is -2.24. The number of nitrogens with one attached hydrogen (secondary N) is 1. The maximum atomic E-state index is 11.5. The molecule has 0 aromatic carbocycles. The zero-order valence-corrected chi connectivity index (χ0v) is 8.97. The maximum Gasteiger partial charge on any atom is 0.363 e. The molecule has 6 nitrogen and oxygen atoms in total. The summed E-state index contributed by atoms with van der Waals surface area (Å²) in [6.07, 6.45) is 3.12. The van der Waals surface area contributed by atoms with E-state index in [2.05, 4.69) is 10.3 Å². The van der Waals surface area contributed by atoms with E-state index >= 15 is 0 Å². The second-order valence-corrected chi connectivity index (χ2v) is 3.27. The molecule has 86 valence electrons. The van der Waals surface area contributed by atoms with Crippen LogP contribution in [0.1, 0.15) is 30.1 Å². The van der Waals surface area contributed by atoms with Crippen LogP contribution in [-0.2, 0) is 0 Å². The number of pyridine rings is 1. The van der Waals surface area contributed by atoms with Gasteiger partial charge < -0.3 is 15.4 Å². The molecule has 16 heavy (non-hydrogen) atoms. The van der Waals surface area contributed by atoms with Crippen LogP contribution in [0.2, 0.25) is 0 Å². The number of unbranched alkanes of at least 4 members (excludes halogenated alkanes) is 1. The third-order valence-corrected chi connectivity index (χ3v) is 2.01. The van der Waals surface area contributed by atoms with Gasteiger partial charge in [-0.1, -0.05) is 13.3 Å². The van der Waals surface area contributed by atoms with Crippen LogP contribution in [0.25, 0.3) is 0 Å². The topological polar surface area (TPSA) is 85.1 Å². The van der Waals surface area contributed by atoms with Crippen LogP contribution >= 0.6 is 0 Å². The Morgan fingerprint density at radius 3 is 2.81 bits per heavy atom. The Morgan fingerprint density at radius 2 is 2.31 bits per heavy atom. The number of carbonyl (C=O) groups is 1. The Kier molecular flexibility index (Phi) is 4.38. The highest BCUT2D eigenvalue weighted by Crippen LogP contribution is 2.07. The highest BCUT2D eigenvalue weighted by Gasteiger charge is 2.10. The normalized spacial score (nSPS) is 9.81. The summed E-state index contributed by atoms with van der Waals surface area (Å²) in [7, 11) is 0. The van der Waals surface area contributed by atoms with Gasteiger partial charge in [0.25, 0.3) is 5.91 Å². The first-order chi connectivity index (χ1) is 7.65. The molecule has 1 amide bonds. The van der Waals surface area contributed by atoms with Gasteiger partial charge >= 0.3 is 5.82 Å². The van der Waals surface area contributed by atoms with Crippen molar-refractivity contribution in [2.24, 2.45) is 0 Å². The van der Waals surface area contributed by atoms with E-state index in [1.165, 1.54) is 18.3 Å². The van der Waals surface area contributed by atoms with Gasteiger partial charge in [-0.3, -0.25) is 4.79 Å². The van der Waals surface area contributed by atoms with Crippen molar-refractivity contribution < 1.29 is 9.72 Å². The van der Waals surface area contributed by atoms with Crippen LogP contribution in [-0.4, -0.2) is 22.4 Å². The number of hydrogen-bond donors (Lipinski definition) is 1. The molecule has 6 heteroatoms. The molecule has 0 aliphatic heterocycles. The first-order valence-electron chi connectivity index (χ1n) is 5.03. The molecule has 1 aromatic rings. The molecule has 0 fully saturated rings. The molecule has 0 spiro atoms. The van der Waals surface area contributed by atoms with Crippen LogP contribution in [0.4, 0.5) is 5.82 Å². The number of aromatic nitrogens is 1. The lowest BCUT2D eigenvalue weighted by Gasteiger charge is -2.02. The number of amides is 1. The minimum atomic E-state index is -0.598. The fourth-order valence-electron chi connectivity index (χ4n) is 1.11. The zero-order chi connectivity index (χ0) is 12.0. The van der Waals surface area contributed by atoms with Gasteiger partial charge in [-0.15, -0.1) is 0 Å². The van der Waals surface area contributed by atoms with Gasteiger partial charge in [-0.2, -0.15) is 0 Å². The smallest absolute Gasteiger partial charge is 0.358 e. The number of nitro groups is 1. The Hall–Kier alpha value is -1.98. The third kappa shape index (κ3) is 3.30. The Morgan fingerprint density at radius 1 is 1.56 bits per heavy atom. The van der Waals surface area contributed by atoms with Gasteiger partial charge in [-0.25, -0.2) is 0 Å². The Labute approximate surface area is 92.8 Å². The quantitative estimate of drug-likeness (QED) is 0.466. The summed E-state index contributed by atoms with van der Waals surface area (Å²) in [6, 6.07) is 2.61. The molecule has 0 saturated heterocycles. The molecular formula is C10H13N3O3. The van der Waals surface area contributed by atoms with Crippen LogP contribution in [0, 0.1) is 10.1 Å². The molecule has 0 unspecified atom stereocenters. The first kappa shape index (κ1) is 12.1. The molecule has 0 radical (unpaired) electrons. The second-order valence-electron chi connectivity index (χ2n) is 3.27. The average Bonchev–Trinajstić information content (AvgIpc) is 2.29. The predicted octanol–water partition coefficient (Wildman–Crippen LogP) is 1.52. The average molecular weight is 223 g/mol. The molecule has 0 aliphatic rings. The van der Waals surface area contributed by atoms with Crippen LogP contribution < -0.4 is 5.32 Å². The van der Waals surface area contributed by atoms with Gasteiger partial charge in [0, 0.05) is 12.6 Å². The van der Waals surface area contributed by atoms with Crippen LogP contribution in [0.3, 0.4) is 0 Å². The first-order valence-corrected chi connectivity index (χ1v) is 5.03. The summed E-state index contributed by atoms with van der Waals surface area (Å²) in [4.78, 5) is 24.8. The minimum absolute atomic E-state index is 0.254. The summed E-state index contributed by atoms with van der Waals surface area (Å²) < 4.78 is 0. The summed E-state index contributed by atoms with van der Waals surface area (Å²) in [5.74, 6) is -0.513. The van der Waals surface area contributed by atoms with Crippen molar-refractivity contribution in [3.05, 3.63) is 34.0 Å². The lowest BCUT2D eigenvalue weighted by atomic mass is 10.2. The van der Waals surface area contributed by atoms with Crippen molar-refractivity contribution in [1.82, 2.24) is 10.3 Å². The largest absolute Gasteiger partial charge is 0.363 e. The van der Waals surface area contributed by atoms with Gasteiger partial charge in [0.1, 0.15) is 0 Å². The molecule has 1 rings (SSSR count). The minimum Gasteiger partial charge on any atom is -0.358 e. The number of nitrogens with zero attached hydrogens (tertiary/aromatic N) is 2. The fraction of sp³-hybridized carbons (Fsp3) is 0.400. The summed E-state index contributed by atoms with van der Waals surface area (Å²) in [5.41, 5.74) is 0.335. The van der Waals surface area contributed by atoms with Crippen molar-refractivity contribution in [2.75, 3.05) is 6.54 Å². The number of rotatable bonds is 5. The van der Waals surface area contributed by atoms with Crippen LogP contribution in [0.15, 0.2) is 18.3 Å². The van der Waals surface area contributed by atoms with Gasteiger partial charge in [0.15, 0.2) is 6.20 Å². The van der Waals surface area contributed by atoms with E-state index in [1.54, 1.807) is 0 Å². The molecule has 0 saturated carbocycles. The lowest BCUT2D eigenvalue weighted by molar-refractivity contribution is -0.389. The van der Waals surface area contributed by atoms with Crippen molar-refractivity contribution in [1.29, 1.82) is 0 Å². The summed E-state index contributed by atoms with van der Waals surface area (Å²) in [5, 5.41) is 13.0. The monoisotopic (exact) mass is 223 g/mol. The fourth-order valence-corrected chi connectivity index (χ4v) is 1.11. The second kappa shape index (κ2) is 5.79. The van der Waals surface area contributed by atoms with Gasteiger partial charge in [0.2, 0.25) is 0 Å². The molecule has 0 atom stereocenters. The zero-order valence-electron chi connectivity index (χ0n) is 8.97. The van der Waals surface area contributed by atoms with E-state index in [1.807, 2.05) is 6.92 Å². The highest BCUT2D eigenvalue weighted by atomic mass is 16.6.